The number of rotatable bonds is 4. The van der Waals surface area contributed by atoms with Crippen LogP contribution in [-0.2, 0) is 0 Å². The molecule has 3 aromatic rings. The van der Waals surface area contributed by atoms with Crippen molar-refractivity contribution in [2.24, 2.45) is 0 Å². The molecule has 0 saturated heterocycles. The number of nitrogens with one attached hydrogen (secondary N) is 1. The van der Waals surface area contributed by atoms with Gasteiger partial charge in [0.1, 0.15) is 16.5 Å². The second kappa shape index (κ2) is 6.41. The minimum Gasteiger partial charge on any atom is -0.382 e. The molecule has 0 atom stereocenters. The first-order chi connectivity index (χ1) is 11.5. The van der Waals surface area contributed by atoms with Gasteiger partial charge in [0.15, 0.2) is 5.13 Å². The molecule has 1 heterocycles. The van der Waals surface area contributed by atoms with Gasteiger partial charge < -0.3 is 11.1 Å². The summed E-state index contributed by atoms with van der Waals surface area (Å²) in [6.07, 6.45) is 0. The quantitative estimate of drug-likeness (QED) is 0.688. The lowest BCUT2D eigenvalue weighted by molar-refractivity contribution is 0.103. The van der Waals surface area contributed by atoms with Crippen LogP contribution < -0.4 is 11.1 Å². The Kier molecular flexibility index (Phi) is 4.31. The zero-order valence-electron chi connectivity index (χ0n) is 13.3. The van der Waals surface area contributed by atoms with Crippen molar-refractivity contribution < 1.29 is 9.18 Å². The number of nitrogen functional groups attached to an aromatic ring is 1. The first-order valence-corrected chi connectivity index (χ1v) is 8.17. The fraction of sp³-hybridized carbons (Fsp3) is 0.111. The van der Waals surface area contributed by atoms with Gasteiger partial charge in [-0.25, -0.2) is 9.37 Å². The van der Waals surface area contributed by atoms with Crippen LogP contribution in [0.15, 0.2) is 42.5 Å². The summed E-state index contributed by atoms with van der Waals surface area (Å²) < 4.78 is 13.8. The lowest BCUT2D eigenvalue weighted by Crippen LogP contribution is -2.04. The van der Waals surface area contributed by atoms with Crippen LogP contribution in [0, 0.1) is 19.7 Å². The Bertz CT molecular complexity index is 920. The molecule has 2 aromatic carbocycles. The maximum absolute atomic E-state index is 13.8. The van der Waals surface area contributed by atoms with E-state index in [-0.39, 0.29) is 16.3 Å². The van der Waals surface area contributed by atoms with Crippen LogP contribution in [0.3, 0.4) is 0 Å². The van der Waals surface area contributed by atoms with Crippen LogP contribution in [0.4, 0.5) is 21.0 Å². The average molecular weight is 341 g/mol. The standard InChI is InChI=1S/C18H16FN3OS/c1-10-7-8-11(2)14(9-10)21-18-22-17(20)16(24-18)15(23)12-5-3-4-6-13(12)19/h3-9H,20H2,1-2H3,(H,21,22). The van der Waals surface area contributed by atoms with Gasteiger partial charge in [-0.2, -0.15) is 0 Å². The van der Waals surface area contributed by atoms with Crippen LogP contribution >= 0.6 is 11.3 Å². The van der Waals surface area contributed by atoms with Crippen LogP contribution in [0.1, 0.15) is 26.4 Å². The van der Waals surface area contributed by atoms with E-state index in [1.54, 1.807) is 6.07 Å². The summed E-state index contributed by atoms with van der Waals surface area (Å²) >= 11 is 1.12. The summed E-state index contributed by atoms with van der Waals surface area (Å²) in [6, 6.07) is 11.8. The molecule has 0 amide bonds. The van der Waals surface area contributed by atoms with E-state index in [0.717, 1.165) is 28.2 Å². The Balaban J connectivity index is 1.92. The highest BCUT2D eigenvalue weighted by molar-refractivity contribution is 7.18. The van der Waals surface area contributed by atoms with Crippen molar-refractivity contribution in [2.75, 3.05) is 11.1 Å². The van der Waals surface area contributed by atoms with Crippen molar-refractivity contribution >= 4 is 33.8 Å². The largest absolute Gasteiger partial charge is 0.382 e. The van der Waals surface area contributed by atoms with Crippen LogP contribution in [0.2, 0.25) is 0 Å². The Morgan fingerprint density at radius 1 is 1.21 bits per heavy atom. The van der Waals surface area contributed by atoms with Crippen molar-refractivity contribution in [3.8, 4) is 0 Å². The maximum atomic E-state index is 13.8. The number of hydrogen-bond acceptors (Lipinski definition) is 5. The molecule has 3 N–H and O–H groups in total. The minimum atomic E-state index is -0.570. The number of benzene rings is 2. The number of carbonyl (C=O) groups excluding carboxylic acids is 1. The van der Waals surface area contributed by atoms with Crippen LogP contribution in [-0.4, -0.2) is 10.8 Å². The van der Waals surface area contributed by atoms with Crippen LogP contribution in [0.25, 0.3) is 0 Å². The van der Waals surface area contributed by atoms with Crippen molar-refractivity contribution in [3.05, 3.63) is 69.8 Å². The second-order valence-electron chi connectivity index (χ2n) is 5.49. The lowest BCUT2D eigenvalue weighted by atomic mass is 10.1. The molecule has 4 nitrogen and oxygen atoms in total. The third-order valence-corrected chi connectivity index (χ3v) is 4.60. The number of nitrogens with zero attached hydrogens (tertiary/aromatic N) is 1. The van der Waals surface area contributed by atoms with Gasteiger partial charge in [-0.1, -0.05) is 35.6 Å². The molecule has 0 saturated carbocycles. The van der Waals surface area contributed by atoms with Crippen molar-refractivity contribution in [3.63, 3.8) is 0 Å². The predicted octanol–water partition coefficient (Wildman–Crippen LogP) is 4.46. The monoisotopic (exact) mass is 341 g/mol. The van der Waals surface area contributed by atoms with E-state index in [1.807, 2.05) is 32.0 Å². The van der Waals surface area contributed by atoms with E-state index >= 15 is 0 Å². The zero-order chi connectivity index (χ0) is 17.3. The Morgan fingerprint density at radius 2 is 1.96 bits per heavy atom. The first-order valence-electron chi connectivity index (χ1n) is 7.35. The van der Waals surface area contributed by atoms with Crippen molar-refractivity contribution in [1.29, 1.82) is 0 Å². The minimum absolute atomic E-state index is 0.00821. The highest BCUT2D eigenvalue weighted by Crippen LogP contribution is 2.31. The summed E-state index contributed by atoms with van der Waals surface area (Å²) in [5, 5.41) is 3.68. The Morgan fingerprint density at radius 3 is 2.71 bits per heavy atom. The Labute approximate surface area is 143 Å². The van der Waals surface area contributed by atoms with Gasteiger partial charge in [0.2, 0.25) is 5.78 Å². The van der Waals surface area contributed by atoms with E-state index in [1.165, 1.54) is 18.2 Å². The zero-order valence-corrected chi connectivity index (χ0v) is 14.1. The summed E-state index contributed by atoms with van der Waals surface area (Å²) in [5.41, 5.74) is 8.91. The number of aryl methyl sites for hydroxylation is 2. The normalized spacial score (nSPS) is 10.6. The fourth-order valence-corrected chi connectivity index (χ4v) is 3.15. The fourth-order valence-electron chi connectivity index (χ4n) is 2.30. The van der Waals surface area contributed by atoms with E-state index in [0.29, 0.717) is 5.13 Å². The molecule has 0 bridgehead atoms. The van der Waals surface area contributed by atoms with Gasteiger partial charge in [-0.15, -0.1) is 0 Å². The topological polar surface area (TPSA) is 68.0 Å². The lowest BCUT2D eigenvalue weighted by Gasteiger charge is -2.07. The highest BCUT2D eigenvalue weighted by Gasteiger charge is 2.20. The molecular weight excluding hydrogens is 325 g/mol. The summed E-state index contributed by atoms with van der Waals surface area (Å²) in [6.45, 7) is 3.97. The third kappa shape index (κ3) is 3.14. The number of aromatic nitrogens is 1. The molecular formula is C18H16FN3OS. The number of ketones is 1. The van der Waals surface area contributed by atoms with Crippen molar-refractivity contribution in [2.45, 2.75) is 13.8 Å². The number of anilines is 3. The van der Waals surface area contributed by atoms with E-state index in [2.05, 4.69) is 10.3 Å². The average Bonchev–Trinajstić information content (AvgIpc) is 2.91. The summed E-state index contributed by atoms with van der Waals surface area (Å²) in [5.74, 6) is -0.933. The van der Waals surface area contributed by atoms with Gasteiger partial charge in [0.05, 0.1) is 5.56 Å². The number of thiazole rings is 1. The molecule has 122 valence electrons. The number of nitrogens with two attached hydrogens (primary N) is 1. The number of carbonyl (C=O) groups is 1. The maximum Gasteiger partial charge on any atom is 0.209 e. The van der Waals surface area contributed by atoms with E-state index < -0.39 is 11.6 Å². The molecule has 0 aliphatic carbocycles. The number of halogens is 1. The van der Waals surface area contributed by atoms with Crippen molar-refractivity contribution in [1.82, 2.24) is 4.98 Å². The van der Waals surface area contributed by atoms with Crippen LogP contribution in [0.5, 0.6) is 0 Å². The van der Waals surface area contributed by atoms with E-state index in [9.17, 15) is 9.18 Å². The highest BCUT2D eigenvalue weighted by atomic mass is 32.1. The predicted molar refractivity (Wildman–Crippen MR) is 95.6 cm³/mol. The summed E-state index contributed by atoms with van der Waals surface area (Å²) in [7, 11) is 0. The molecule has 3 rings (SSSR count). The molecule has 0 aliphatic rings. The number of hydrogen-bond donors (Lipinski definition) is 2. The molecule has 1 aromatic heterocycles. The molecule has 0 fully saturated rings. The summed E-state index contributed by atoms with van der Waals surface area (Å²) in [4.78, 5) is 16.9. The van der Waals surface area contributed by atoms with Gasteiger partial charge in [0, 0.05) is 5.69 Å². The Hall–Kier alpha value is -2.73. The third-order valence-electron chi connectivity index (χ3n) is 3.61. The molecule has 0 aliphatic heterocycles. The second-order valence-corrected chi connectivity index (χ2v) is 6.48. The molecule has 0 unspecified atom stereocenters. The van der Waals surface area contributed by atoms with E-state index in [4.69, 9.17) is 5.73 Å². The first kappa shape index (κ1) is 16.1. The van der Waals surface area contributed by atoms with Gasteiger partial charge in [0.25, 0.3) is 0 Å². The SMILES string of the molecule is Cc1ccc(C)c(Nc2nc(N)c(C(=O)c3ccccc3F)s2)c1. The van der Waals surface area contributed by atoms with Gasteiger partial charge >= 0.3 is 0 Å². The van der Waals surface area contributed by atoms with Gasteiger partial charge in [-0.3, -0.25) is 4.79 Å². The molecule has 0 spiro atoms. The molecule has 24 heavy (non-hydrogen) atoms. The smallest absolute Gasteiger partial charge is 0.209 e. The molecule has 6 heteroatoms. The van der Waals surface area contributed by atoms with Gasteiger partial charge in [-0.05, 0) is 43.2 Å². The molecule has 0 radical (unpaired) electrons.